The van der Waals surface area contributed by atoms with Crippen LogP contribution in [0.5, 0.6) is 0 Å². The largest absolute Gasteiger partial charge is 0.363 e. The highest BCUT2D eigenvalue weighted by Gasteiger charge is 2.11. The number of hydrogen-bond acceptors (Lipinski definition) is 5. The van der Waals surface area contributed by atoms with Crippen molar-refractivity contribution in [2.24, 2.45) is 4.99 Å². The first-order valence-electron chi connectivity index (χ1n) is 4.34. The lowest BCUT2D eigenvalue weighted by molar-refractivity contribution is 0.102. The third-order valence-electron chi connectivity index (χ3n) is 1.78. The van der Waals surface area contributed by atoms with Gasteiger partial charge in [-0.2, -0.15) is 0 Å². The van der Waals surface area contributed by atoms with Crippen LogP contribution < -0.4 is 5.32 Å². The van der Waals surface area contributed by atoms with E-state index in [0.29, 0.717) is 5.75 Å². The molecule has 3 nitrogen and oxygen atoms in total. The summed E-state index contributed by atoms with van der Waals surface area (Å²) in [4.78, 5) is 16.6. The lowest BCUT2D eigenvalue weighted by Crippen LogP contribution is -2.16. The van der Waals surface area contributed by atoms with Gasteiger partial charge in [0.15, 0.2) is 11.0 Å². The van der Waals surface area contributed by atoms with Crippen LogP contribution in [0.4, 0.5) is 0 Å². The summed E-state index contributed by atoms with van der Waals surface area (Å²) in [5, 5.41) is 5.94. The van der Waals surface area contributed by atoms with Gasteiger partial charge in [-0.15, -0.1) is 28.3 Å². The summed E-state index contributed by atoms with van der Waals surface area (Å²) < 4.78 is 0. The molecule has 2 heterocycles. The summed E-state index contributed by atoms with van der Waals surface area (Å²) in [7, 11) is 0. The van der Waals surface area contributed by atoms with Gasteiger partial charge in [-0.1, -0.05) is 17.8 Å². The monoisotopic (exact) mass is 306 g/mol. The van der Waals surface area contributed by atoms with Crippen LogP contribution in [0.25, 0.3) is 0 Å². The van der Waals surface area contributed by atoms with E-state index >= 15 is 0 Å². The maximum atomic E-state index is 11.6. The Balaban J connectivity index is 0.00000112. The van der Waals surface area contributed by atoms with Gasteiger partial charge >= 0.3 is 0 Å². The minimum Gasteiger partial charge on any atom is -0.363 e. The number of thiophene rings is 1. The van der Waals surface area contributed by atoms with Crippen molar-refractivity contribution in [2.75, 3.05) is 18.8 Å². The molecule has 0 aromatic carbocycles. The quantitative estimate of drug-likeness (QED) is 0.871. The van der Waals surface area contributed by atoms with Gasteiger partial charge in [0.1, 0.15) is 0 Å². The highest BCUT2D eigenvalue weighted by molar-refractivity contribution is 8.93. The second kappa shape index (κ2) is 6.30. The summed E-state index contributed by atoms with van der Waals surface area (Å²) in [5.74, 6) is 0.660. The van der Waals surface area contributed by atoms with Crippen molar-refractivity contribution in [1.29, 1.82) is 0 Å². The van der Waals surface area contributed by atoms with Gasteiger partial charge in [-0.05, 0) is 11.4 Å². The Morgan fingerprint density at radius 1 is 1.67 bits per heavy atom. The van der Waals surface area contributed by atoms with Crippen LogP contribution in [-0.4, -0.2) is 29.8 Å². The first-order valence-corrected chi connectivity index (χ1v) is 6.20. The SMILES string of the molecule is Br.O=C(CSC1=NCCN1)c1cccs1. The van der Waals surface area contributed by atoms with Crippen LogP contribution >= 0.6 is 40.1 Å². The lowest BCUT2D eigenvalue weighted by Gasteiger charge is -1.99. The molecule has 1 aromatic heterocycles. The number of amidine groups is 1. The van der Waals surface area contributed by atoms with Crippen molar-refractivity contribution < 1.29 is 4.79 Å². The molecular weight excluding hydrogens is 296 g/mol. The summed E-state index contributed by atoms with van der Waals surface area (Å²) in [6.07, 6.45) is 0. The van der Waals surface area contributed by atoms with Crippen molar-refractivity contribution in [3.8, 4) is 0 Å². The fourth-order valence-corrected chi connectivity index (χ4v) is 2.68. The molecule has 1 aliphatic rings. The minimum atomic E-state index is 0. The molecule has 0 radical (unpaired) electrons. The van der Waals surface area contributed by atoms with E-state index in [-0.39, 0.29) is 22.8 Å². The van der Waals surface area contributed by atoms with Gasteiger partial charge in [0.2, 0.25) is 0 Å². The molecule has 0 unspecified atom stereocenters. The maximum absolute atomic E-state index is 11.6. The first-order chi connectivity index (χ1) is 6.86. The zero-order valence-corrected chi connectivity index (χ0v) is 11.3. The van der Waals surface area contributed by atoms with Crippen molar-refractivity contribution >= 4 is 51.0 Å². The third-order valence-corrected chi connectivity index (χ3v) is 3.64. The third kappa shape index (κ3) is 3.62. The number of carbonyl (C=O) groups excluding carboxylic acids is 1. The Morgan fingerprint density at radius 3 is 3.13 bits per heavy atom. The number of aliphatic imine (C=N–C) groups is 1. The van der Waals surface area contributed by atoms with Gasteiger partial charge in [0.25, 0.3) is 0 Å². The van der Waals surface area contributed by atoms with Crippen molar-refractivity contribution in [2.45, 2.75) is 0 Å². The number of halogens is 1. The molecule has 0 aliphatic carbocycles. The molecule has 0 amide bonds. The number of ketones is 1. The molecule has 0 spiro atoms. The van der Waals surface area contributed by atoms with E-state index in [1.807, 2.05) is 17.5 Å². The Morgan fingerprint density at radius 2 is 2.53 bits per heavy atom. The molecule has 1 N–H and O–H groups in total. The Labute approximate surface area is 107 Å². The summed E-state index contributed by atoms with van der Waals surface area (Å²) in [6.45, 7) is 1.73. The topological polar surface area (TPSA) is 41.5 Å². The van der Waals surface area contributed by atoms with Crippen molar-refractivity contribution in [3.63, 3.8) is 0 Å². The van der Waals surface area contributed by atoms with Gasteiger partial charge in [0, 0.05) is 6.54 Å². The van der Waals surface area contributed by atoms with Gasteiger partial charge in [-0.25, -0.2) is 0 Å². The minimum absolute atomic E-state index is 0. The normalized spacial score (nSPS) is 14.0. The van der Waals surface area contributed by atoms with Crippen LogP contribution in [0.3, 0.4) is 0 Å². The maximum Gasteiger partial charge on any atom is 0.183 e. The zero-order valence-electron chi connectivity index (χ0n) is 7.93. The smallest absolute Gasteiger partial charge is 0.183 e. The molecule has 2 rings (SSSR count). The highest BCUT2D eigenvalue weighted by atomic mass is 79.9. The van der Waals surface area contributed by atoms with E-state index in [0.717, 1.165) is 23.1 Å². The summed E-state index contributed by atoms with van der Waals surface area (Å²) >= 11 is 2.98. The van der Waals surface area contributed by atoms with Crippen molar-refractivity contribution in [1.82, 2.24) is 5.32 Å². The summed E-state index contributed by atoms with van der Waals surface area (Å²) in [5.41, 5.74) is 0. The van der Waals surface area contributed by atoms with E-state index < -0.39 is 0 Å². The number of hydrogen-bond donors (Lipinski definition) is 1. The first kappa shape index (κ1) is 12.7. The predicted octanol–water partition coefficient (Wildman–Crippen LogP) is 2.20. The fourth-order valence-electron chi connectivity index (χ4n) is 1.12. The number of rotatable bonds is 3. The molecule has 0 atom stereocenters. The van der Waals surface area contributed by atoms with Crippen LogP contribution in [0.15, 0.2) is 22.5 Å². The predicted molar refractivity (Wildman–Crippen MR) is 71.7 cm³/mol. The van der Waals surface area contributed by atoms with E-state index in [2.05, 4.69) is 10.3 Å². The van der Waals surface area contributed by atoms with E-state index in [1.165, 1.54) is 23.1 Å². The van der Waals surface area contributed by atoms with E-state index in [4.69, 9.17) is 0 Å². The number of nitrogens with zero attached hydrogens (tertiary/aromatic N) is 1. The van der Waals surface area contributed by atoms with Crippen molar-refractivity contribution in [3.05, 3.63) is 22.4 Å². The standard InChI is InChI=1S/C9H10N2OS2.BrH/c12-7(8-2-1-5-13-8)6-14-9-10-3-4-11-9;/h1-2,5H,3-4,6H2,(H,10,11);1H. The molecule has 82 valence electrons. The number of nitrogens with one attached hydrogen (secondary N) is 1. The zero-order chi connectivity index (χ0) is 9.80. The molecule has 1 aliphatic heterocycles. The van der Waals surface area contributed by atoms with Crippen LogP contribution in [0.1, 0.15) is 9.67 Å². The summed E-state index contributed by atoms with van der Waals surface area (Å²) in [6, 6.07) is 3.76. The van der Waals surface area contributed by atoms with Gasteiger partial charge < -0.3 is 5.32 Å². The Hall–Kier alpha value is -0.330. The average Bonchev–Trinajstić information content (AvgIpc) is 2.87. The van der Waals surface area contributed by atoms with E-state index in [9.17, 15) is 4.79 Å². The Kier molecular flexibility index (Phi) is 5.35. The fraction of sp³-hybridized carbons (Fsp3) is 0.333. The number of thioether (sulfide) groups is 1. The van der Waals surface area contributed by atoms with Crippen LogP contribution in [0.2, 0.25) is 0 Å². The second-order valence-corrected chi connectivity index (χ2v) is 4.71. The van der Waals surface area contributed by atoms with Crippen LogP contribution in [0, 0.1) is 0 Å². The lowest BCUT2D eigenvalue weighted by atomic mass is 10.4. The average molecular weight is 307 g/mol. The molecule has 1 aromatic rings. The molecule has 0 saturated heterocycles. The molecule has 0 fully saturated rings. The van der Waals surface area contributed by atoms with E-state index in [1.54, 1.807) is 0 Å². The second-order valence-electron chi connectivity index (χ2n) is 2.80. The van der Waals surface area contributed by atoms with Crippen LogP contribution in [-0.2, 0) is 0 Å². The van der Waals surface area contributed by atoms with Gasteiger partial charge in [0.05, 0.1) is 17.2 Å². The number of carbonyl (C=O) groups is 1. The molecule has 0 saturated carbocycles. The molecule has 0 bridgehead atoms. The molecule has 6 heteroatoms. The molecule has 15 heavy (non-hydrogen) atoms. The highest BCUT2D eigenvalue weighted by Crippen LogP contribution is 2.13. The number of Topliss-reactive ketones (excluding diaryl/α,β-unsaturated/α-hetero) is 1. The molecular formula is C9H11BrN2OS2. The van der Waals surface area contributed by atoms with Gasteiger partial charge in [-0.3, -0.25) is 9.79 Å². The Bertz CT molecular complexity index is 351.